The number of ether oxygens (including phenoxy) is 1. The van der Waals surface area contributed by atoms with Gasteiger partial charge in [0.15, 0.2) is 0 Å². The Labute approximate surface area is 94.5 Å². The Morgan fingerprint density at radius 1 is 1.44 bits per heavy atom. The van der Waals surface area contributed by atoms with Crippen LogP contribution in [0.15, 0.2) is 12.4 Å². The largest absolute Gasteiger partial charge is 0.375 e. The topological polar surface area (TPSA) is 55.3 Å². The molecular formula is C11H15N3O2. The average molecular weight is 221 g/mol. The summed E-state index contributed by atoms with van der Waals surface area (Å²) in [5.74, 6) is -0.0815. The van der Waals surface area contributed by atoms with Gasteiger partial charge in [-0.1, -0.05) is 0 Å². The Kier molecular flexibility index (Phi) is 2.63. The van der Waals surface area contributed by atoms with Crippen LogP contribution in [0, 0.1) is 6.92 Å². The fourth-order valence-electron chi connectivity index (χ4n) is 1.70. The van der Waals surface area contributed by atoms with Gasteiger partial charge in [0.2, 0.25) is 0 Å². The van der Waals surface area contributed by atoms with Gasteiger partial charge in [-0.25, -0.2) is 4.98 Å². The van der Waals surface area contributed by atoms with Crippen molar-refractivity contribution in [1.82, 2.24) is 14.9 Å². The average Bonchev–Trinajstić information content (AvgIpc) is 2.25. The molecule has 0 aliphatic carbocycles. The third-order valence-electron chi connectivity index (χ3n) is 2.83. The van der Waals surface area contributed by atoms with Crippen molar-refractivity contribution >= 4 is 5.91 Å². The number of hydrogen-bond acceptors (Lipinski definition) is 4. The van der Waals surface area contributed by atoms with Crippen molar-refractivity contribution in [3.8, 4) is 0 Å². The smallest absolute Gasteiger partial charge is 0.274 e. The predicted molar refractivity (Wildman–Crippen MR) is 58.1 cm³/mol. The number of carbonyl (C=O) groups is 1. The molecule has 0 radical (unpaired) electrons. The molecule has 1 fully saturated rings. The van der Waals surface area contributed by atoms with Crippen LogP contribution in [0.25, 0.3) is 0 Å². The minimum atomic E-state index is -0.201. The van der Waals surface area contributed by atoms with Gasteiger partial charge < -0.3 is 9.64 Å². The summed E-state index contributed by atoms with van der Waals surface area (Å²) in [6.45, 7) is 5.04. The van der Waals surface area contributed by atoms with Crippen LogP contribution in [-0.2, 0) is 4.74 Å². The van der Waals surface area contributed by atoms with Gasteiger partial charge in [-0.2, -0.15) is 0 Å². The highest BCUT2D eigenvalue weighted by atomic mass is 16.5. The zero-order chi connectivity index (χ0) is 11.8. The normalized spacial score (nSPS) is 18.1. The van der Waals surface area contributed by atoms with Crippen molar-refractivity contribution in [3.05, 3.63) is 23.8 Å². The van der Waals surface area contributed by atoms with E-state index in [2.05, 4.69) is 9.97 Å². The SMILES string of the molecule is COC1(C)CN(C(=O)c2cnc(C)cn2)C1. The summed E-state index contributed by atoms with van der Waals surface area (Å²) in [5.41, 5.74) is 0.999. The Balaban J connectivity index is 2.03. The van der Waals surface area contributed by atoms with Gasteiger partial charge in [0.05, 0.1) is 25.0 Å². The zero-order valence-corrected chi connectivity index (χ0v) is 9.73. The molecule has 2 heterocycles. The molecule has 5 nitrogen and oxygen atoms in total. The third kappa shape index (κ3) is 1.90. The minimum Gasteiger partial charge on any atom is -0.375 e. The van der Waals surface area contributed by atoms with Crippen molar-refractivity contribution < 1.29 is 9.53 Å². The molecule has 0 saturated carbocycles. The van der Waals surface area contributed by atoms with Crippen molar-refractivity contribution in [3.63, 3.8) is 0 Å². The first-order valence-electron chi connectivity index (χ1n) is 5.17. The molecule has 1 saturated heterocycles. The van der Waals surface area contributed by atoms with Crippen LogP contribution < -0.4 is 0 Å². The lowest BCUT2D eigenvalue weighted by Gasteiger charge is -2.46. The van der Waals surface area contributed by atoms with E-state index in [-0.39, 0.29) is 11.5 Å². The number of nitrogens with zero attached hydrogens (tertiary/aromatic N) is 3. The van der Waals surface area contributed by atoms with E-state index in [4.69, 9.17) is 4.74 Å². The molecule has 86 valence electrons. The molecule has 1 aromatic heterocycles. The lowest BCUT2D eigenvalue weighted by molar-refractivity contribution is -0.0949. The number of hydrogen-bond donors (Lipinski definition) is 0. The second-order valence-electron chi connectivity index (χ2n) is 4.36. The Hall–Kier alpha value is -1.49. The van der Waals surface area contributed by atoms with E-state index in [9.17, 15) is 4.79 Å². The van der Waals surface area contributed by atoms with Crippen LogP contribution in [0.2, 0.25) is 0 Å². The fourth-order valence-corrected chi connectivity index (χ4v) is 1.70. The highest BCUT2D eigenvalue weighted by Crippen LogP contribution is 2.24. The van der Waals surface area contributed by atoms with Crippen LogP contribution in [0.3, 0.4) is 0 Å². The lowest BCUT2D eigenvalue weighted by Crippen LogP contribution is -2.62. The van der Waals surface area contributed by atoms with E-state index >= 15 is 0 Å². The molecule has 0 bridgehead atoms. The quantitative estimate of drug-likeness (QED) is 0.735. The number of rotatable bonds is 2. The maximum Gasteiger partial charge on any atom is 0.274 e. The van der Waals surface area contributed by atoms with E-state index in [0.29, 0.717) is 18.8 Å². The van der Waals surface area contributed by atoms with E-state index in [1.54, 1.807) is 18.2 Å². The highest BCUT2D eigenvalue weighted by molar-refractivity contribution is 5.92. The maximum atomic E-state index is 11.9. The molecule has 0 unspecified atom stereocenters. The summed E-state index contributed by atoms with van der Waals surface area (Å²) in [4.78, 5) is 21.7. The molecule has 16 heavy (non-hydrogen) atoms. The van der Waals surface area contributed by atoms with Crippen molar-refractivity contribution in [2.24, 2.45) is 0 Å². The number of likely N-dealkylation sites (tertiary alicyclic amines) is 1. The molecule has 1 aromatic rings. The molecule has 2 rings (SSSR count). The van der Waals surface area contributed by atoms with Crippen LogP contribution in [0.1, 0.15) is 23.1 Å². The predicted octanol–water partition coefficient (Wildman–Crippen LogP) is 0.646. The monoisotopic (exact) mass is 221 g/mol. The summed E-state index contributed by atoms with van der Waals surface area (Å²) < 4.78 is 5.28. The Morgan fingerprint density at radius 3 is 2.62 bits per heavy atom. The Bertz CT molecular complexity index is 396. The van der Waals surface area contributed by atoms with Crippen LogP contribution in [0.5, 0.6) is 0 Å². The van der Waals surface area contributed by atoms with Crippen LogP contribution in [0.4, 0.5) is 0 Å². The van der Waals surface area contributed by atoms with E-state index in [0.717, 1.165) is 5.69 Å². The van der Waals surface area contributed by atoms with Crippen molar-refractivity contribution in [2.75, 3.05) is 20.2 Å². The maximum absolute atomic E-state index is 11.9. The van der Waals surface area contributed by atoms with Gasteiger partial charge in [-0.3, -0.25) is 9.78 Å². The first-order valence-corrected chi connectivity index (χ1v) is 5.17. The van der Waals surface area contributed by atoms with Crippen LogP contribution in [-0.4, -0.2) is 46.6 Å². The fraction of sp³-hybridized carbons (Fsp3) is 0.545. The zero-order valence-electron chi connectivity index (χ0n) is 9.73. The van der Waals surface area contributed by atoms with Gasteiger partial charge in [0.25, 0.3) is 5.91 Å². The van der Waals surface area contributed by atoms with E-state index < -0.39 is 0 Å². The lowest BCUT2D eigenvalue weighted by atomic mass is 9.96. The summed E-state index contributed by atoms with van der Waals surface area (Å²) in [5, 5.41) is 0. The number of aromatic nitrogens is 2. The van der Waals surface area contributed by atoms with Gasteiger partial charge in [-0.15, -0.1) is 0 Å². The number of amides is 1. The Morgan fingerprint density at radius 2 is 2.12 bits per heavy atom. The van der Waals surface area contributed by atoms with Crippen LogP contribution >= 0.6 is 0 Å². The van der Waals surface area contributed by atoms with E-state index in [1.807, 2.05) is 13.8 Å². The summed E-state index contributed by atoms with van der Waals surface area (Å²) in [6.07, 6.45) is 3.11. The van der Waals surface area contributed by atoms with Gasteiger partial charge in [0, 0.05) is 13.3 Å². The highest BCUT2D eigenvalue weighted by Gasteiger charge is 2.42. The molecule has 0 spiro atoms. The third-order valence-corrected chi connectivity index (χ3v) is 2.83. The standard InChI is InChI=1S/C11H15N3O2/c1-8-4-13-9(5-12-8)10(15)14-6-11(2,7-14)16-3/h4-5H,6-7H2,1-3H3. The molecule has 0 atom stereocenters. The molecule has 1 aliphatic heterocycles. The molecule has 1 aliphatic rings. The van der Waals surface area contributed by atoms with Gasteiger partial charge in [-0.05, 0) is 13.8 Å². The van der Waals surface area contributed by atoms with Crippen molar-refractivity contribution in [1.29, 1.82) is 0 Å². The molecule has 5 heteroatoms. The van der Waals surface area contributed by atoms with E-state index in [1.165, 1.54) is 6.20 Å². The minimum absolute atomic E-state index is 0.0815. The molecule has 1 amide bonds. The summed E-state index contributed by atoms with van der Waals surface area (Å²) in [6, 6.07) is 0. The summed E-state index contributed by atoms with van der Waals surface area (Å²) >= 11 is 0. The second-order valence-corrected chi connectivity index (χ2v) is 4.36. The first kappa shape index (κ1) is 11.0. The number of methoxy groups -OCH3 is 1. The molecule has 0 N–H and O–H groups in total. The van der Waals surface area contributed by atoms with Crippen molar-refractivity contribution in [2.45, 2.75) is 19.4 Å². The van der Waals surface area contributed by atoms with Gasteiger partial charge >= 0.3 is 0 Å². The number of aryl methyl sites for hydroxylation is 1. The molecular weight excluding hydrogens is 206 g/mol. The summed E-state index contributed by atoms with van der Waals surface area (Å²) in [7, 11) is 1.66. The second kappa shape index (κ2) is 3.83. The first-order chi connectivity index (χ1) is 7.54. The number of carbonyl (C=O) groups excluding carboxylic acids is 1. The van der Waals surface area contributed by atoms with Gasteiger partial charge in [0.1, 0.15) is 11.3 Å². The molecule has 0 aromatic carbocycles.